The molecule has 0 bridgehead atoms. The first-order chi connectivity index (χ1) is 12.5. The second-order valence-corrected chi connectivity index (χ2v) is 6.02. The largest absolute Gasteiger partial charge is 0.495 e. The van der Waals surface area contributed by atoms with Crippen LogP contribution in [0.3, 0.4) is 0 Å². The zero-order valence-electron chi connectivity index (χ0n) is 14.3. The monoisotopic (exact) mass is 368 g/mol. The van der Waals surface area contributed by atoms with Crippen LogP contribution in [0.2, 0.25) is 5.02 Å². The van der Waals surface area contributed by atoms with Crippen LogP contribution in [-0.4, -0.2) is 23.0 Å². The highest BCUT2D eigenvalue weighted by molar-refractivity contribution is 6.30. The highest BCUT2D eigenvalue weighted by Gasteiger charge is 2.12. The number of anilines is 3. The number of amides is 1. The maximum Gasteiger partial charge on any atom is 0.274 e. The molecule has 1 heterocycles. The van der Waals surface area contributed by atoms with Gasteiger partial charge in [-0.1, -0.05) is 23.7 Å². The van der Waals surface area contributed by atoms with Gasteiger partial charge in [0.05, 0.1) is 12.8 Å². The van der Waals surface area contributed by atoms with Crippen LogP contribution in [0.5, 0.6) is 5.75 Å². The number of nitrogens with zero attached hydrogens (tertiary/aromatic N) is 2. The molecule has 0 saturated heterocycles. The normalized spacial score (nSPS) is 10.3. The van der Waals surface area contributed by atoms with E-state index in [0.717, 1.165) is 11.3 Å². The smallest absolute Gasteiger partial charge is 0.274 e. The Bertz CT molecular complexity index is 946. The first-order valence-corrected chi connectivity index (χ1v) is 8.23. The van der Waals surface area contributed by atoms with Crippen LogP contribution < -0.4 is 15.4 Å². The minimum absolute atomic E-state index is 0.230. The predicted molar refractivity (Wildman–Crippen MR) is 102 cm³/mol. The highest BCUT2D eigenvalue weighted by atomic mass is 35.5. The highest BCUT2D eigenvalue weighted by Crippen LogP contribution is 2.26. The van der Waals surface area contributed by atoms with Gasteiger partial charge in [-0.3, -0.25) is 4.79 Å². The molecule has 7 heteroatoms. The lowest BCUT2D eigenvalue weighted by atomic mass is 10.2. The molecule has 3 rings (SSSR count). The molecule has 0 spiro atoms. The number of halogens is 1. The molecule has 0 saturated carbocycles. The van der Waals surface area contributed by atoms with Gasteiger partial charge in [0, 0.05) is 16.8 Å². The fraction of sp³-hybridized carbons (Fsp3) is 0.105. The lowest BCUT2D eigenvalue weighted by molar-refractivity contribution is 0.102. The summed E-state index contributed by atoms with van der Waals surface area (Å²) in [6, 6.07) is 14.3. The Kier molecular flexibility index (Phi) is 5.34. The van der Waals surface area contributed by atoms with Crippen molar-refractivity contribution in [3.05, 3.63) is 71.1 Å². The fourth-order valence-electron chi connectivity index (χ4n) is 2.37. The van der Waals surface area contributed by atoms with Crippen LogP contribution in [0.15, 0.2) is 54.9 Å². The number of rotatable bonds is 5. The number of carbonyl (C=O) groups excluding carboxylic acids is 1. The second-order valence-electron chi connectivity index (χ2n) is 5.58. The van der Waals surface area contributed by atoms with E-state index in [-0.39, 0.29) is 11.6 Å². The molecule has 2 N–H and O–H groups in total. The minimum Gasteiger partial charge on any atom is -0.495 e. The standard InChI is InChI=1S/C19H17ClN4O2/c1-12-6-7-17(26-2)15(8-12)24-19(25)16-10-18(22-11-21-16)23-14-5-3-4-13(20)9-14/h3-11H,1-2H3,(H,24,25)(H,21,22,23). The summed E-state index contributed by atoms with van der Waals surface area (Å²) in [5.74, 6) is 0.712. The summed E-state index contributed by atoms with van der Waals surface area (Å²) in [6.07, 6.45) is 1.33. The number of nitrogens with one attached hydrogen (secondary N) is 2. The molecule has 26 heavy (non-hydrogen) atoms. The van der Waals surface area contributed by atoms with E-state index in [1.807, 2.05) is 31.2 Å². The maximum absolute atomic E-state index is 12.5. The molecule has 0 radical (unpaired) electrons. The van der Waals surface area contributed by atoms with Gasteiger partial charge in [-0.15, -0.1) is 0 Å². The van der Waals surface area contributed by atoms with Crippen LogP contribution >= 0.6 is 11.6 Å². The second kappa shape index (κ2) is 7.84. The van der Waals surface area contributed by atoms with Crippen LogP contribution in [0.1, 0.15) is 16.1 Å². The van der Waals surface area contributed by atoms with Crippen LogP contribution in [0, 0.1) is 6.92 Å². The molecule has 0 fully saturated rings. The van der Waals surface area contributed by atoms with Crippen molar-refractivity contribution >= 4 is 34.7 Å². The number of ether oxygens (including phenoxy) is 1. The lowest BCUT2D eigenvalue weighted by Gasteiger charge is -2.11. The van der Waals surface area contributed by atoms with Crippen LogP contribution in [-0.2, 0) is 0 Å². The van der Waals surface area contributed by atoms with Gasteiger partial charge in [0.2, 0.25) is 0 Å². The molecule has 6 nitrogen and oxygen atoms in total. The molecule has 132 valence electrons. The Morgan fingerprint density at radius 2 is 1.96 bits per heavy atom. The summed E-state index contributed by atoms with van der Waals surface area (Å²) >= 11 is 5.98. The van der Waals surface area contributed by atoms with E-state index in [1.54, 1.807) is 31.4 Å². The molecule has 1 amide bonds. The summed E-state index contributed by atoms with van der Waals surface area (Å²) in [5.41, 5.74) is 2.59. The number of hydrogen-bond acceptors (Lipinski definition) is 5. The van der Waals surface area contributed by atoms with Crippen molar-refractivity contribution in [1.82, 2.24) is 9.97 Å². The summed E-state index contributed by atoms with van der Waals surface area (Å²) in [5, 5.41) is 6.52. The van der Waals surface area contributed by atoms with Crippen molar-refractivity contribution in [3.63, 3.8) is 0 Å². The maximum atomic E-state index is 12.5. The lowest BCUT2D eigenvalue weighted by Crippen LogP contribution is -2.15. The van der Waals surface area contributed by atoms with Crippen molar-refractivity contribution < 1.29 is 9.53 Å². The van der Waals surface area contributed by atoms with Gasteiger partial charge in [-0.25, -0.2) is 9.97 Å². The van der Waals surface area contributed by atoms with E-state index in [1.165, 1.54) is 6.33 Å². The van der Waals surface area contributed by atoms with Crippen LogP contribution in [0.4, 0.5) is 17.2 Å². The molecule has 0 unspecified atom stereocenters. The van der Waals surface area contributed by atoms with Gasteiger partial charge in [0.1, 0.15) is 23.6 Å². The topological polar surface area (TPSA) is 76.1 Å². The van der Waals surface area contributed by atoms with Crippen molar-refractivity contribution in [2.75, 3.05) is 17.7 Å². The Hall–Kier alpha value is -3.12. The third-order valence-corrected chi connectivity index (χ3v) is 3.84. The molecule has 2 aromatic carbocycles. The Balaban J connectivity index is 1.79. The molecule has 0 atom stereocenters. The molecule has 1 aromatic heterocycles. The minimum atomic E-state index is -0.356. The van der Waals surface area contributed by atoms with E-state index < -0.39 is 0 Å². The molecule has 3 aromatic rings. The number of benzene rings is 2. The van der Waals surface area contributed by atoms with Crippen molar-refractivity contribution in [2.45, 2.75) is 6.92 Å². The summed E-state index contributed by atoms with van der Waals surface area (Å²) < 4.78 is 5.28. The third kappa shape index (κ3) is 4.29. The van der Waals surface area contributed by atoms with E-state index in [9.17, 15) is 4.79 Å². The quantitative estimate of drug-likeness (QED) is 0.696. The zero-order chi connectivity index (χ0) is 18.5. The van der Waals surface area contributed by atoms with Gasteiger partial charge in [-0.2, -0.15) is 0 Å². The summed E-state index contributed by atoms with van der Waals surface area (Å²) in [7, 11) is 1.55. The van der Waals surface area contributed by atoms with Gasteiger partial charge >= 0.3 is 0 Å². The number of aromatic nitrogens is 2. The predicted octanol–water partition coefficient (Wildman–Crippen LogP) is 4.44. The van der Waals surface area contributed by atoms with Gasteiger partial charge in [0.15, 0.2) is 0 Å². The van der Waals surface area contributed by atoms with E-state index >= 15 is 0 Å². The Morgan fingerprint density at radius 3 is 2.73 bits per heavy atom. The van der Waals surface area contributed by atoms with Gasteiger partial charge < -0.3 is 15.4 Å². The summed E-state index contributed by atoms with van der Waals surface area (Å²) in [6.45, 7) is 1.94. The number of methoxy groups -OCH3 is 1. The Labute approximate surface area is 156 Å². The molecule has 0 aliphatic carbocycles. The summed E-state index contributed by atoms with van der Waals surface area (Å²) in [4.78, 5) is 20.7. The average molecular weight is 369 g/mol. The average Bonchev–Trinajstić information content (AvgIpc) is 2.62. The van der Waals surface area contributed by atoms with Crippen molar-refractivity contribution in [3.8, 4) is 5.75 Å². The number of hydrogen-bond donors (Lipinski definition) is 2. The molecule has 0 aliphatic heterocycles. The third-order valence-electron chi connectivity index (χ3n) is 3.60. The SMILES string of the molecule is COc1ccc(C)cc1NC(=O)c1cc(Nc2cccc(Cl)c2)ncn1. The van der Waals surface area contributed by atoms with Gasteiger partial charge in [-0.05, 0) is 42.8 Å². The first kappa shape index (κ1) is 17.7. The van der Waals surface area contributed by atoms with E-state index in [0.29, 0.717) is 22.3 Å². The van der Waals surface area contributed by atoms with E-state index in [2.05, 4.69) is 20.6 Å². The zero-order valence-corrected chi connectivity index (χ0v) is 15.0. The van der Waals surface area contributed by atoms with Gasteiger partial charge in [0.25, 0.3) is 5.91 Å². The van der Waals surface area contributed by atoms with Crippen molar-refractivity contribution in [2.24, 2.45) is 0 Å². The Morgan fingerprint density at radius 1 is 1.12 bits per heavy atom. The molecular formula is C19H17ClN4O2. The number of carbonyl (C=O) groups is 1. The molecule has 0 aliphatic rings. The van der Waals surface area contributed by atoms with Crippen LogP contribution in [0.25, 0.3) is 0 Å². The van der Waals surface area contributed by atoms with E-state index in [4.69, 9.17) is 16.3 Å². The number of aryl methyl sites for hydroxylation is 1. The fourth-order valence-corrected chi connectivity index (χ4v) is 2.56. The molecular weight excluding hydrogens is 352 g/mol. The van der Waals surface area contributed by atoms with Crippen molar-refractivity contribution in [1.29, 1.82) is 0 Å². The first-order valence-electron chi connectivity index (χ1n) is 7.86.